The molecule has 1 aromatic heterocycles. The third kappa shape index (κ3) is 2.44. The summed E-state index contributed by atoms with van der Waals surface area (Å²) >= 11 is 5.59. The maximum atomic E-state index is 8.63. The molecule has 0 spiro atoms. The standard InChI is InChI=1S/C8H11ClN2O/c9-8-2-1-6(5-11-8)7(10)3-4-12/h1-2,5,7,12H,3-4,10H2. The van der Waals surface area contributed by atoms with Gasteiger partial charge >= 0.3 is 0 Å². The molecule has 12 heavy (non-hydrogen) atoms. The summed E-state index contributed by atoms with van der Waals surface area (Å²) in [6, 6.07) is 3.35. The smallest absolute Gasteiger partial charge is 0.129 e. The number of rotatable bonds is 3. The number of nitrogens with zero attached hydrogens (tertiary/aromatic N) is 1. The highest BCUT2D eigenvalue weighted by atomic mass is 35.5. The molecule has 66 valence electrons. The van der Waals surface area contributed by atoms with E-state index in [0.29, 0.717) is 11.6 Å². The molecule has 1 unspecified atom stereocenters. The summed E-state index contributed by atoms with van der Waals surface area (Å²) in [6.07, 6.45) is 2.17. The normalized spacial score (nSPS) is 12.9. The lowest BCUT2D eigenvalue weighted by atomic mass is 10.1. The van der Waals surface area contributed by atoms with Gasteiger partial charge in [-0.3, -0.25) is 0 Å². The summed E-state index contributed by atoms with van der Waals surface area (Å²) in [5, 5.41) is 9.08. The van der Waals surface area contributed by atoms with E-state index >= 15 is 0 Å². The Morgan fingerprint density at radius 2 is 2.33 bits per heavy atom. The van der Waals surface area contributed by atoms with Crippen molar-refractivity contribution >= 4 is 11.6 Å². The Bertz CT molecular complexity index is 237. The van der Waals surface area contributed by atoms with E-state index in [1.165, 1.54) is 0 Å². The first-order valence-corrected chi connectivity index (χ1v) is 4.09. The zero-order valence-electron chi connectivity index (χ0n) is 6.57. The van der Waals surface area contributed by atoms with Crippen molar-refractivity contribution in [1.29, 1.82) is 0 Å². The van der Waals surface area contributed by atoms with Gasteiger partial charge in [-0.25, -0.2) is 4.98 Å². The van der Waals surface area contributed by atoms with Gasteiger partial charge in [0, 0.05) is 18.8 Å². The molecular weight excluding hydrogens is 176 g/mol. The quantitative estimate of drug-likeness (QED) is 0.696. The Balaban J connectivity index is 2.68. The van der Waals surface area contributed by atoms with Gasteiger partial charge in [0.2, 0.25) is 0 Å². The zero-order chi connectivity index (χ0) is 8.97. The number of aromatic nitrogens is 1. The molecule has 0 fully saturated rings. The summed E-state index contributed by atoms with van der Waals surface area (Å²) in [6.45, 7) is 0.0871. The predicted molar refractivity (Wildman–Crippen MR) is 47.9 cm³/mol. The maximum Gasteiger partial charge on any atom is 0.129 e. The van der Waals surface area contributed by atoms with E-state index in [-0.39, 0.29) is 12.6 Å². The number of aliphatic hydroxyl groups excluding tert-OH is 1. The molecule has 0 amide bonds. The molecule has 3 N–H and O–H groups in total. The number of hydrogen-bond donors (Lipinski definition) is 2. The van der Waals surface area contributed by atoms with Crippen LogP contribution in [0, 0.1) is 0 Å². The van der Waals surface area contributed by atoms with Crippen LogP contribution in [0.25, 0.3) is 0 Å². The van der Waals surface area contributed by atoms with Gasteiger partial charge in [0.1, 0.15) is 5.15 Å². The fraction of sp³-hybridized carbons (Fsp3) is 0.375. The zero-order valence-corrected chi connectivity index (χ0v) is 7.33. The molecule has 3 nitrogen and oxygen atoms in total. The van der Waals surface area contributed by atoms with Crippen molar-refractivity contribution in [3.8, 4) is 0 Å². The largest absolute Gasteiger partial charge is 0.396 e. The van der Waals surface area contributed by atoms with Gasteiger partial charge in [-0.15, -0.1) is 0 Å². The van der Waals surface area contributed by atoms with E-state index in [1.54, 1.807) is 12.3 Å². The van der Waals surface area contributed by atoms with Gasteiger partial charge in [0.15, 0.2) is 0 Å². The van der Waals surface area contributed by atoms with Crippen molar-refractivity contribution in [2.45, 2.75) is 12.5 Å². The highest BCUT2D eigenvalue weighted by Gasteiger charge is 2.04. The Morgan fingerprint density at radius 1 is 1.58 bits per heavy atom. The van der Waals surface area contributed by atoms with Gasteiger partial charge in [-0.1, -0.05) is 17.7 Å². The van der Waals surface area contributed by atoms with E-state index in [4.69, 9.17) is 22.4 Å². The van der Waals surface area contributed by atoms with E-state index in [9.17, 15) is 0 Å². The van der Waals surface area contributed by atoms with Crippen molar-refractivity contribution in [3.63, 3.8) is 0 Å². The van der Waals surface area contributed by atoms with Crippen molar-refractivity contribution in [3.05, 3.63) is 29.0 Å². The van der Waals surface area contributed by atoms with Gasteiger partial charge in [-0.2, -0.15) is 0 Å². The van der Waals surface area contributed by atoms with Crippen LogP contribution in [0.1, 0.15) is 18.0 Å². The molecule has 0 aliphatic rings. The first kappa shape index (κ1) is 9.45. The van der Waals surface area contributed by atoms with Crippen molar-refractivity contribution in [1.82, 2.24) is 4.98 Å². The monoisotopic (exact) mass is 186 g/mol. The fourth-order valence-electron chi connectivity index (χ4n) is 0.912. The molecule has 1 atom stereocenters. The van der Waals surface area contributed by atoms with Crippen molar-refractivity contribution in [2.24, 2.45) is 5.73 Å². The van der Waals surface area contributed by atoms with Crippen LogP contribution in [0.15, 0.2) is 18.3 Å². The number of aliphatic hydroxyl groups is 1. The van der Waals surface area contributed by atoms with Crippen molar-refractivity contribution < 1.29 is 5.11 Å². The van der Waals surface area contributed by atoms with Crippen molar-refractivity contribution in [2.75, 3.05) is 6.61 Å². The third-order valence-corrected chi connectivity index (χ3v) is 1.84. The third-order valence-electron chi connectivity index (χ3n) is 1.62. The second-order valence-corrected chi connectivity index (χ2v) is 2.92. The predicted octanol–water partition coefficient (Wildman–Crippen LogP) is 1.12. The summed E-state index contributed by atoms with van der Waals surface area (Å²) in [5.74, 6) is 0. The van der Waals surface area contributed by atoms with E-state index < -0.39 is 0 Å². The minimum Gasteiger partial charge on any atom is -0.396 e. The molecule has 1 heterocycles. The lowest BCUT2D eigenvalue weighted by molar-refractivity contribution is 0.276. The van der Waals surface area contributed by atoms with E-state index in [2.05, 4.69) is 4.98 Å². The molecule has 1 rings (SSSR count). The van der Waals surface area contributed by atoms with E-state index in [1.807, 2.05) is 6.07 Å². The second-order valence-electron chi connectivity index (χ2n) is 2.53. The highest BCUT2D eigenvalue weighted by Crippen LogP contribution is 2.13. The first-order valence-electron chi connectivity index (χ1n) is 3.72. The molecule has 1 aromatic rings. The van der Waals surface area contributed by atoms with Crippen LogP contribution < -0.4 is 5.73 Å². The van der Waals surface area contributed by atoms with Crippen LogP contribution >= 0.6 is 11.6 Å². The molecule has 0 aliphatic heterocycles. The molecule has 0 radical (unpaired) electrons. The molecule has 0 aromatic carbocycles. The van der Waals surface area contributed by atoms with Crippen LogP contribution in [-0.4, -0.2) is 16.7 Å². The number of nitrogens with two attached hydrogens (primary N) is 1. The Labute approximate surface area is 76.2 Å². The SMILES string of the molecule is NC(CCO)c1ccc(Cl)nc1. The molecule has 0 bridgehead atoms. The average Bonchev–Trinajstić information content (AvgIpc) is 2.06. The Kier molecular flexibility index (Phi) is 3.47. The minimum atomic E-state index is -0.153. The molecule has 0 saturated heterocycles. The molecule has 4 heteroatoms. The Morgan fingerprint density at radius 3 is 2.83 bits per heavy atom. The van der Waals surface area contributed by atoms with Crippen LogP contribution in [-0.2, 0) is 0 Å². The summed E-state index contributed by atoms with van der Waals surface area (Å²) in [7, 11) is 0. The minimum absolute atomic E-state index is 0.0871. The number of halogens is 1. The van der Waals surface area contributed by atoms with Gasteiger partial charge in [0.05, 0.1) is 0 Å². The lowest BCUT2D eigenvalue weighted by Crippen LogP contribution is -2.11. The number of pyridine rings is 1. The summed E-state index contributed by atoms with van der Waals surface area (Å²) < 4.78 is 0. The Hall–Kier alpha value is -0.640. The van der Waals surface area contributed by atoms with Crippen LogP contribution in [0.5, 0.6) is 0 Å². The molecule has 0 aliphatic carbocycles. The van der Waals surface area contributed by atoms with Gasteiger partial charge in [-0.05, 0) is 18.1 Å². The molecular formula is C8H11ClN2O. The lowest BCUT2D eigenvalue weighted by Gasteiger charge is -2.08. The van der Waals surface area contributed by atoms with Crippen LogP contribution in [0.3, 0.4) is 0 Å². The van der Waals surface area contributed by atoms with Gasteiger partial charge < -0.3 is 10.8 Å². The van der Waals surface area contributed by atoms with Crippen LogP contribution in [0.2, 0.25) is 5.15 Å². The van der Waals surface area contributed by atoms with E-state index in [0.717, 1.165) is 5.56 Å². The maximum absolute atomic E-state index is 8.63. The molecule has 0 saturated carbocycles. The summed E-state index contributed by atoms with van der Waals surface area (Å²) in [5.41, 5.74) is 6.61. The fourth-order valence-corrected chi connectivity index (χ4v) is 1.02. The highest BCUT2D eigenvalue weighted by molar-refractivity contribution is 6.29. The number of hydrogen-bond acceptors (Lipinski definition) is 3. The first-order chi connectivity index (χ1) is 5.74. The second kappa shape index (κ2) is 4.40. The summed E-state index contributed by atoms with van der Waals surface area (Å²) in [4.78, 5) is 3.89. The topological polar surface area (TPSA) is 59.1 Å². The van der Waals surface area contributed by atoms with Gasteiger partial charge in [0.25, 0.3) is 0 Å². The van der Waals surface area contributed by atoms with Crippen LogP contribution in [0.4, 0.5) is 0 Å². The average molecular weight is 187 g/mol.